The molecule has 5 nitrogen and oxygen atoms in total. The summed E-state index contributed by atoms with van der Waals surface area (Å²) in [6.07, 6.45) is 8.93. The van der Waals surface area contributed by atoms with Crippen LogP contribution in [0, 0.1) is 13.8 Å². The molecule has 1 aromatic rings. The van der Waals surface area contributed by atoms with Crippen LogP contribution in [-0.2, 0) is 9.57 Å². The van der Waals surface area contributed by atoms with Crippen molar-refractivity contribution in [3.8, 4) is 11.5 Å². The van der Waals surface area contributed by atoms with Gasteiger partial charge in [0.25, 0.3) is 0 Å². The third-order valence-corrected chi connectivity index (χ3v) is 4.22. The second-order valence-corrected chi connectivity index (χ2v) is 6.25. The molecular formula is C20H29NO4. The Labute approximate surface area is 150 Å². The molecule has 2 rings (SSSR count). The molecule has 1 aromatic carbocycles. The SMILES string of the molecule is C/C=C/COc1cc(C)c(OC2CCC(OC/C=N/OC)C2)c(C)c1. The average Bonchev–Trinajstić information content (AvgIpc) is 3.03. The number of rotatable bonds is 9. The van der Waals surface area contributed by atoms with Gasteiger partial charge in [0.15, 0.2) is 0 Å². The highest BCUT2D eigenvalue weighted by atomic mass is 16.6. The molecule has 0 aliphatic heterocycles. The van der Waals surface area contributed by atoms with Crippen molar-refractivity contribution in [2.24, 2.45) is 5.16 Å². The number of allylic oxidation sites excluding steroid dienone is 1. The first-order valence-corrected chi connectivity index (χ1v) is 8.82. The summed E-state index contributed by atoms with van der Waals surface area (Å²) in [6, 6.07) is 4.08. The molecule has 5 heteroatoms. The molecule has 0 saturated heterocycles. The minimum atomic E-state index is 0.191. The van der Waals surface area contributed by atoms with E-state index in [2.05, 4.69) is 23.8 Å². The third-order valence-electron chi connectivity index (χ3n) is 4.22. The van der Waals surface area contributed by atoms with Gasteiger partial charge < -0.3 is 19.0 Å². The van der Waals surface area contributed by atoms with Gasteiger partial charge in [-0.3, -0.25) is 0 Å². The van der Waals surface area contributed by atoms with E-state index in [-0.39, 0.29) is 12.2 Å². The highest BCUT2D eigenvalue weighted by Gasteiger charge is 2.27. The van der Waals surface area contributed by atoms with Crippen LogP contribution in [0.2, 0.25) is 0 Å². The summed E-state index contributed by atoms with van der Waals surface area (Å²) in [5.41, 5.74) is 2.21. The highest BCUT2D eigenvalue weighted by molar-refractivity contribution is 5.57. The van der Waals surface area contributed by atoms with E-state index in [0.29, 0.717) is 13.2 Å². The maximum atomic E-state index is 6.27. The standard InChI is InChI=1S/C20H29NO4/c1-5-6-10-23-19-12-15(2)20(16(3)13-19)25-18-8-7-17(14-18)24-11-9-21-22-4/h5-6,9,12-13,17-18H,7-8,10-11,14H2,1-4H3/b6-5+,21-9+. The minimum Gasteiger partial charge on any atom is -0.490 e. The topological polar surface area (TPSA) is 49.3 Å². The van der Waals surface area contributed by atoms with E-state index in [1.807, 2.05) is 31.2 Å². The quantitative estimate of drug-likeness (QED) is 0.381. The summed E-state index contributed by atoms with van der Waals surface area (Å²) in [5.74, 6) is 1.84. The van der Waals surface area contributed by atoms with E-state index in [1.165, 1.54) is 7.11 Å². The normalized spacial score (nSPS) is 20.5. The fraction of sp³-hybridized carbons (Fsp3) is 0.550. The first-order valence-electron chi connectivity index (χ1n) is 8.82. The Kier molecular flexibility index (Phi) is 7.79. The van der Waals surface area contributed by atoms with Crippen molar-refractivity contribution in [1.82, 2.24) is 0 Å². The van der Waals surface area contributed by atoms with Gasteiger partial charge in [-0.2, -0.15) is 0 Å². The summed E-state index contributed by atoms with van der Waals surface area (Å²) < 4.78 is 17.8. The van der Waals surface area contributed by atoms with E-state index in [9.17, 15) is 0 Å². The molecule has 0 radical (unpaired) electrons. The molecule has 0 bridgehead atoms. The predicted molar refractivity (Wildman–Crippen MR) is 99.7 cm³/mol. The number of ether oxygens (including phenoxy) is 3. The number of oxime groups is 1. The van der Waals surface area contributed by atoms with E-state index in [0.717, 1.165) is 41.9 Å². The van der Waals surface area contributed by atoms with Crippen LogP contribution in [0.4, 0.5) is 0 Å². The first kappa shape index (κ1) is 19.3. The van der Waals surface area contributed by atoms with Gasteiger partial charge in [0, 0.05) is 6.42 Å². The monoisotopic (exact) mass is 347 g/mol. The van der Waals surface area contributed by atoms with Gasteiger partial charge >= 0.3 is 0 Å². The predicted octanol–water partition coefficient (Wildman–Crippen LogP) is 4.21. The Bertz CT molecular complexity index is 574. The Balaban J connectivity index is 1.89. The molecule has 2 unspecified atom stereocenters. The molecular weight excluding hydrogens is 318 g/mol. The lowest BCUT2D eigenvalue weighted by molar-refractivity contribution is 0.0757. The van der Waals surface area contributed by atoms with Crippen molar-refractivity contribution in [2.45, 2.75) is 52.2 Å². The second-order valence-electron chi connectivity index (χ2n) is 6.25. The second kappa shape index (κ2) is 10.1. The van der Waals surface area contributed by atoms with Crippen molar-refractivity contribution < 1.29 is 19.0 Å². The molecule has 1 saturated carbocycles. The fourth-order valence-electron chi connectivity index (χ4n) is 3.03. The Morgan fingerprint density at radius 3 is 2.52 bits per heavy atom. The maximum Gasteiger partial charge on any atom is 0.125 e. The lowest BCUT2D eigenvalue weighted by Gasteiger charge is -2.19. The molecule has 1 aliphatic rings. The van der Waals surface area contributed by atoms with E-state index >= 15 is 0 Å². The van der Waals surface area contributed by atoms with Crippen molar-refractivity contribution in [2.75, 3.05) is 20.3 Å². The summed E-state index contributed by atoms with van der Waals surface area (Å²) in [7, 11) is 1.53. The number of hydrogen-bond donors (Lipinski definition) is 0. The van der Waals surface area contributed by atoms with E-state index in [4.69, 9.17) is 14.2 Å². The lowest BCUT2D eigenvalue weighted by Crippen LogP contribution is -2.17. The summed E-state index contributed by atoms with van der Waals surface area (Å²) >= 11 is 0. The molecule has 25 heavy (non-hydrogen) atoms. The largest absolute Gasteiger partial charge is 0.490 e. The Morgan fingerprint density at radius 2 is 1.84 bits per heavy atom. The zero-order valence-electron chi connectivity index (χ0n) is 15.7. The van der Waals surface area contributed by atoms with Gasteiger partial charge in [-0.25, -0.2) is 0 Å². The van der Waals surface area contributed by atoms with E-state index < -0.39 is 0 Å². The van der Waals surface area contributed by atoms with Crippen LogP contribution in [0.25, 0.3) is 0 Å². The summed E-state index contributed by atoms with van der Waals surface area (Å²) in [5, 5.41) is 3.68. The highest BCUT2D eigenvalue weighted by Crippen LogP contribution is 2.33. The van der Waals surface area contributed by atoms with Gasteiger partial charge in [0.2, 0.25) is 0 Å². The zero-order valence-corrected chi connectivity index (χ0v) is 15.7. The molecule has 0 spiro atoms. The molecule has 2 atom stereocenters. The summed E-state index contributed by atoms with van der Waals surface area (Å²) in [4.78, 5) is 4.62. The molecule has 0 amide bonds. The molecule has 0 N–H and O–H groups in total. The van der Waals surface area contributed by atoms with Crippen LogP contribution in [-0.4, -0.2) is 38.7 Å². The number of hydrogen-bond acceptors (Lipinski definition) is 5. The van der Waals surface area contributed by atoms with Crippen LogP contribution in [0.1, 0.15) is 37.3 Å². The van der Waals surface area contributed by atoms with Gasteiger partial charge in [0.05, 0.1) is 18.9 Å². The van der Waals surface area contributed by atoms with Crippen molar-refractivity contribution in [3.63, 3.8) is 0 Å². The molecule has 0 aromatic heterocycles. The van der Waals surface area contributed by atoms with Gasteiger partial charge in [-0.15, -0.1) is 0 Å². The molecule has 1 aliphatic carbocycles. The Morgan fingerprint density at radius 1 is 1.12 bits per heavy atom. The number of nitrogens with zero attached hydrogens (tertiary/aromatic N) is 1. The van der Waals surface area contributed by atoms with Crippen LogP contribution >= 0.6 is 0 Å². The average molecular weight is 347 g/mol. The van der Waals surface area contributed by atoms with E-state index in [1.54, 1.807) is 6.21 Å². The number of aryl methyl sites for hydroxylation is 2. The smallest absolute Gasteiger partial charge is 0.125 e. The maximum absolute atomic E-state index is 6.27. The van der Waals surface area contributed by atoms with Gasteiger partial charge in [0.1, 0.15) is 31.3 Å². The minimum absolute atomic E-state index is 0.191. The fourth-order valence-corrected chi connectivity index (χ4v) is 3.03. The number of benzene rings is 1. The first-order chi connectivity index (χ1) is 12.1. The van der Waals surface area contributed by atoms with Crippen molar-refractivity contribution in [3.05, 3.63) is 35.4 Å². The van der Waals surface area contributed by atoms with Gasteiger partial charge in [-0.05, 0) is 56.9 Å². The van der Waals surface area contributed by atoms with Crippen LogP contribution in [0.5, 0.6) is 11.5 Å². The summed E-state index contributed by atoms with van der Waals surface area (Å²) in [6.45, 7) is 7.18. The third kappa shape index (κ3) is 6.09. The van der Waals surface area contributed by atoms with Crippen molar-refractivity contribution >= 4 is 6.21 Å². The van der Waals surface area contributed by atoms with Crippen LogP contribution in [0.3, 0.4) is 0 Å². The van der Waals surface area contributed by atoms with Crippen LogP contribution in [0.15, 0.2) is 29.4 Å². The Hall–Kier alpha value is -2.01. The zero-order chi connectivity index (χ0) is 18.1. The molecule has 138 valence electrons. The van der Waals surface area contributed by atoms with Crippen LogP contribution < -0.4 is 9.47 Å². The van der Waals surface area contributed by atoms with Gasteiger partial charge in [-0.1, -0.05) is 17.3 Å². The molecule has 0 heterocycles. The lowest BCUT2D eigenvalue weighted by atomic mass is 10.1. The van der Waals surface area contributed by atoms with Crippen molar-refractivity contribution in [1.29, 1.82) is 0 Å². The molecule has 1 fully saturated rings.